The van der Waals surface area contributed by atoms with Gasteiger partial charge in [-0.15, -0.1) is 0 Å². The van der Waals surface area contributed by atoms with E-state index in [1.54, 1.807) is 13.0 Å². The van der Waals surface area contributed by atoms with Crippen molar-refractivity contribution in [1.29, 1.82) is 0 Å². The van der Waals surface area contributed by atoms with Gasteiger partial charge in [0.2, 0.25) is 0 Å². The van der Waals surface area contributed by atoms with Crippen molar-refractivity contribution in [3.05, 3.63) is 41.5 Å². The van der Waals surface area contributed by atoms with Gasteiger partial charge < -0.3 is 10.2 Å². The van der Waals surface area contributed by atoms with Gasteiger partial charge in [-0.2, -0.15) is 0 Å². The highest BCUT2D eigenvalue weighted by Crippen LogP contribution is 2.13. The molecule has 0 amide bonds. The normalized spacial score (nSPS) is 13.1. The van der Waals surface area contributed by atoms with Gasteiger partial charge in [0.05, 0.1) is 6.10 Å². The second-order valence-electron chi connectivity index (χ2n) is 4.42. The van der Waals surface area contributed by atoms with Crippen molar-refractivity contribution in [1.82, 2.24) is 4.90 Å². The van der Waals surface area contributed by atoms with Gasteiger partial charge in [-0.05, 0) is 31.2 Å². The highest BCUT2D eigenvalue weighted by molar-refractivity contribution is 5.85. The van der Waals surface area contributed by atoms with Gasteiger partial charge in [-0.3, -0.25) is 4.90 Å². The van der Waals surface area contributed by atoms with Crippen LogP contribution in [0, 0.1) is 0 Å². The first-order valence-electron chi connectivity index (χ1n) is 5.84. The molecular formula is C14H19NO3. The number of aliphatic hydroxyl groups is 1. The number of carboxylic acid groups (broad SMARTS) is 1. The van der Waals surface area contributed by atoms with E-state index >= 15 is 0 Å². The molecule has 0 radical (unpaired) electrons. The zero-order valence-electron chi connectivity index (χ0n) is 10.7. The third-order valence-electron chi connectivity index (χ3n) is 2.48. The van der Waals surface area contributed by atoms with E-state index in [1.165, 1.54) is 0 Å². The quantitative estimate of drug-likeness (QED) is 0.752. The number of benzene rings is 1. The molecule has 0 aromatic heterocycles. The summed E-state index contributed by atoms with van der Waals surface area (Å²) in [6.07, 6.45) is 2.35. The van der Waals surface area contributed by atoms with Crippen LogP contribution in [-0.2, 0) is 11.3 Å². The lowest BCUT2D eigenvalue weighted by Gasteiger charge is -2.19. The maximum absolute atomic E-state index is 10.5. The van der Waals surface area contributed by atoms with Crippen LogP contribution in [0.25, 0.3) is 6.08 Å². The Hall–Kier alpha value is -1.65. The number of rotatable bonds is 6. The first-order chi connectivity index (χ1) is 8.49. The lowest BCUT2D eigenvalue weighted by molar-refractivity contribution is -0.131. The molecule has 0 saturated carbocycles. The van der Waals surface area contributed by atoms with Crippen molar-refractivity contribution in [3.63, 3.8) is 0 Å². The Labute approximate surface area is 107 Å². The third kappa shape index (κ3) is 5.12. The van der Waals surface area contributed by atoms with Gasteiger partial charge in [-0.25, -0.2) is 4.79 Å². The number of aliphatic carboxylic acids is 1. The van der Waals surface area contributed by atoms with Crippen LogP contribution >= 0.6 is 0 Å². The van der Waals surface area contributed by atoms with Crippen molar-refractivity contribution in [2.24, 2.45) is 0 Å². The summed E-state index contributed by atoms with van der Waals surface area (Å²) in [7, 11) is 1.92. The Morgan fingerprint density at radius 1 is 1.44 bits per heavy atom. The number of nitrogens with zero attached hydrogens (tertiary/aromatic N) is 1. The number of hydrogen-bond acceptors (Lipinski definition) is 3. The smallest absolute Gasteiger partial charge is 0.328 e. The van der Waals surface area contributed by atoms with Gasteiger partial charge in [0.15, 0.2) is 0 Å². The maximum Gasteiger partial charge on any atom is 0.328 e. The summed E-state index contributed by atoms with van der Waals surface area (Å²) in [5.41, 5.74) is 1.93. The Morgan fingerprint density at radius 2 is 2.11 bits per heavy atom. The highest BCUT2D eigenvalue weighted by atomic mass is 16.4. The molecule has 1 aromatic carbocycles. The summed E-state index contributed by atoms with van der Waals surface area (Å²) in [5.74, 6) is -0.956. The SMILES string of the molecule is CC(O)CN(C)Cc1ccccc1/C=C/C(=O)O. The topological polar surface area (TPSA) is 60.8 Å². The summed E-state index contributed by atoms with van der Waals surface area (Å²) in [6.45, 7) is 2.99. The highest BCUT2D eigenvalue weighted by Gasteiger charge is 2.06. The molecule has 0 bridgehead atoms. The van der Waals surface area contributed by atoms with E-state index in [4.69, 9.17) is 5.11 Å². The van der Waals surface area contributed by atoms with Crippen LogP contribution in [0.2, 0.25) is 0 Å². The van der Waals surface area contributed by atoms with Crippen LogP contribution in [0.15, 0.2) is 30.3 Å². The average Bonchev–Trinajstić information content (AvgIpc) is 2.26. The van der Waals surface area contributed by atoms with Crippen molar-refractivity contribution >= 4 is 12.0 Å². The van der Waals surface area contributed by atoms with Crippen LogP contribution in [0.4, 0.5) is 0 Å². The molecule has 0 spiro atoms. The van der Waals surface area contributed by atoms with E-state index in [2.05, 4.69) is 0 Å². The lowest BCUT2D eigenvalue weighted by Crippen LogP contribution is -2.27. The Bertz CT molecular complexity index is 427. The van der Waals surface area contributed by atoms with Gasteiger partial charge in [-0.1, -0.05) is 24.3 Å². The van der Waals surface area contributed by atoms with E-state index < -0.39 is 5.97 Å². The summed E-state index contributed by atoms with van der Waals surface area (Å²) < 4.78 is 0. The summed E-state index contributed by atoms with van der Waals surface area (Å²) in [6, 6.07) is 7.63. The number of carbonyl (C=O) groups is 1. The fourth-order valence-electron chi connectivity index (χ4n) is 1.81. The van der Waals surface area contributed by atoms with Crippen LogP contribution in [-0.4, -0.2) is 40.8 Å². The molecule has 0 saturated heterocycles. The molecular weight excluding hydrogens is 230 g/mol. The minimum atomic E-state index is -0.956. The molecule has 0 aliphatic rings. The standard InChI is InChI=1S/C14H19NO3/c1-11(16)9-15(2)10-13-6-4-3-5-12(13)7-8-14(17)18/h3-8,11,16H,9-10H2,1-2H3,(H,17,18)/b8-7+. The van der Waals surface area contributed by atoms with Crippen LogP contribution in [0.3, 0.4) is 0 Å². The molecule has 98 valence electrons. The summed E-state index contributed by atoms with van der Waals surface area (Å²) in [5, 5.41) is 17.9. The summed E-state index contributed by atoms with van der Waals surface area (Å²) in [4.78, 5) is 12.5. The molecule has 4 nitrogen and oxygen atoms in total. The maximum atomic E-state index is 10.5. The van der Waals surface area contributed by atoms with E-state index in [1.807, 2.05) is 36.2 Å². The number of hydrogen-bond donors (Lipinski definition) is 2. The van der Waals surface area contributed by atoms with E-state index in [-0.39, 0.29) is 6.10 Å². The predicted molar refractivity (Wildman–Crippen MR) is 71.1 cm³/mol. The molecule has 0 aliphatic carbocycles. The molecule has 0 fully saturated rings. The van der Waals surface area contributed by atoms with E-state index in [9.17, 15) is 9.90 Å². The molecule has 1 rings (SSSR count). The second kappa shape index (κ2) is 6.93. The van der Waals surface area contributed by atoms with Gasteiger partial charge in [0.25, 0.3) is 0 Å². The van der Waals surface area contributed by atoms with Crippen LogP contribution in [0.1, 0.15) is 18.1 Å². The molecule has 1 unspecified atom stereocenters. The van der Waals surface area contributed by atoms with Crippen molar-refractivity contribution < 1.29 is 15.0 Å². The number of carboxylic acids is 1. The molecule has 2 N–H and O–H groups in total. The minimum Gasteiger partial charge on any atom is -0.478 e. The largest absolute Gasteiger partial charge is 0.478 e. The molecule has 1 aromatic rings. The van der Waals surface area contributed by atoms with Crippen molar-refractivity contribution in [2.45, 2.75) is 19.6 Å². The van der Waals surface area contributed by atoms with Crippen molar-refractivity contribution in [3.8, 4) is 0 Å². The fraction of sp³-hybridized carbons (Fsp3) is 0.357. The molecule has 0 aliphatic heterocycles. The third-order valence-corrected chi connectivity index (χ3v) is 2.48. The number of likely N-dealkylation sites (N-methyl/N-ethyl adjacent to an activating group) is 1. The Kier molecular flexibility index (Phi) is 5.55. The Balaban J connectivity index is 2.79. The predicted octanol–water partition coefficient (Wildman–Crippen LogP) is 1.60. The van der Waals surface area contributed by atoms with Gasteiger partial charge in [0, 0.05) is 19.2 Å². The van der Waals surface area contributed by atoms with E-state index in [0.717, 1.165) is 17.2 Å². The molecule has 0 heterocycles. The molecule has 4 heteroatoms. The zero-order valence-corrected chi connectivity index (χ0v) is 10.7. The van der Waals surface area contributed by atoms with Gasteiger partial charge >= 0.3 is 5.97 Å². The fourth-order valence-corrected chi connectivity index (χ4v) is 1.81. The van der Waals surface area contributed by atoms with Crippen LogP contribution in [0.5, 0.6) is 0 Å². The zero-order chi connectivity index (χ0) is 13.5. The Morgan fingerprint density at radius 3 is 2.72 bits per heavy atom. The van der Waals surface area contributed by atoms with Crippen molar-refractivity contribution in [2.75, 3.05) is 13.6 Å². The second-order valence-corrected chi connectivity index (χ2v) is 4.42. The van der Waals surface area contributed by atoms with Gasteiger partial charge in [0.1, 0.15) is 0 Å². The number of aliphatic hydroxyl groups excluding tert-OH is 1. The first-order valence-corrected chi connectivity index (χ1v) is 5.84. The minimum absolute atomic E-state index is 0.378. The van der Waals surface area contributed by atoms with E-state index in [0.29, 0.717) is 13.1 Å². The molecule has 1 atom stereocenters. The summed E-state index contributed by atoms with van der Waals surface area (Å²) >= 11 is 0. The van der Waals surface area contributed by atoms with Crippen LogP contribution < -0.4 is 0 Å². The lowest BCUT2D eigenvalue weighted by atomic mass is 10.1. The average molecular weight is 249 g/mol. The first kappa shape index (κ1) is 14.4. The molecule has 18 heavy (non-hydrogen) atoms. The monoisotopic (exact) mass is 249 g/mol.